The molecule has 2 N–H and O–H groups in total. The van der Waals surface area contributed by atoms with Crippen molar-refractivity contribution in [3.8, 4) is 0 Å². The maximum Gasteiger partial charge on any atom is 0.251 e. The molecule has 0 spiro atoms. The summed E-state index contributed by atoms with van der Waals surface area (Å²) in [7, 11) is 0. The van der Waals surface area contributed by atoms with E-state index in [1.54, 1.807) is 12.1 Å². The number of anilines is 1. The highest BCUT2D eigenvalue weighted by atomic mass is 16.2. The maximum atomic E-state index is 12.2. The summed E-state index contributed by atoms with van der Waals surface area (Å²) in [6.07, 6.45) is 1.49. The van der Waals surface area contributed by atoms with Gasteiger partial charge in [-0.1, -0.05) is 30.3 Å². The lowest BCUT2D eigenvalue weighted by atomic mass is 10.1. The van der Waals surface area contributed by atoms with Crippen LogP contribution in [0, 0.1) is 0 Å². The van der Waals surface area contributed by atoms with Crippen molar-refractivity contribution in [3.05, 3.63) is 59.8 Å². The number of pyridine rings is 1. The summed E-state index contributed by atoms with van der Waals surface area (Å²) < 4.78 is 0. The Kier molecular flexibility index (Phi) is 4.66. The lowest BCUT2D eigenvalue weighted by Gasteiger charge is -2.14. The predicted molar refractivity (Wildman–Crippen MR) is 80.9 cm³/mol. The fourth-order valence-electron chi connectivity index (χ4n) is 1.93. The summed E-state index contributed by atoms with van der Waals surface area (Å²) in [6.45, 7) is 3.31. The molecule has 0 aliphatic carbocycles. The number of aromatic nitrogens is 1. The molecular weight excluding hydrogens is 266 g/mol. The van der Waals surface area contributed by atoms with E-state index in [1.807, 2.05) is 37.3 Å². The van der Waals surface area contributed by atoms with Crippen molar-refractivity contribution in [1.82, 2.24) is 10.3 Å². The topological polar surface area (TPSA) is 71.1 Å². The Morgan fingerprint density at radius 1 is 1.14 bits per heavy atom. The van der Waals surface area contributed by atoms with Gasteiger partial charge >= 0.3 is 0 Å². The molecule has 0 radical (unpaired) electrons. The second kappa shape index (κ2) is 6.65. The first-order valence-electron chi connectivity index (χ1n) is 6.65. The molecule has 0 bridgehead atoms. The SMILES string of the molecule is CC(=O)Nc1cc(C(=O)NC(C)c2ccccc2)ccn1. The number of hydrogen-bond acceptors (Lipinski definition) is 3. The average molecular weight is 283 g/mol. The van der Waals surface area contributed by atoms with Crippen LogP contribution in [0.3, 0.4) is 0 Å². The molecule has 5 nitrogen and oxygen atoms in total. The van der Waals surface area contributed by atoms with E-state index in [0.29, 0.717) is 11.4 Å². The predicted octanol–water partition coefficient (Wildman–Crippen LogP) is 2.53. The van der Waals surface area contributed by atoms with Gasteiger partial charge in [-0.05, 0) is 24.6 Å². The van der Waals surface area contributed by atoms with E-state index in [9.17, 15) is 9.59 Å². The van der Waals surface area contributed by atoms with Crippen LogP contribution in [0.25, 0.3) is 0 Å². The molecule has 2 aromatic rings. The van der Waals surface area contributed by atoms with Gasteiger partial charge in [0, 0.05) is 18.7 Å². The first-order valence-corrected chi connectivity index (χ1v) is 6.65. The fraction of sp³-hybridized carbons (Fsp3) is 0.188. The molecule has 0 saturated heterocycles. The third kappa shape index (κ3) is 4.14. The van der Waals surface area contributed by atoms with Crippen molar-refractivity contribution in [3.63, 3.8) is 0 Å². The molecule has 2 rings (SSSR count). The normalized spacial score (nSPS) is 11.5. The summed E-state index contributed by atoms with van der Waals surface area (Å²) in [5, 5.41) is 5.47. The molecule has 0 fully saturated rings. The Morgan fingerprint density at radius 3 is 2.52 bits per heavy atom. The van der Waals surface area contributed by atoms with E-state index < -0.39 is 0 Å². The average Bonchev–Trinajstić information content (AvgIpc) is 2.47. The van der Waals surface area contributed by atoms with Crippen LogP contribution in [0.1, 0.15) is 35.8 Å². The van der Waals surface area contributed by atoms with Gasteiger partial charge in [0.25, 0.3) is 5.91 Å². The van der Waals surface area contributed by atoms with Crippen LogP contribution in [0.4, 0.5) is 5.82 Å². The van der Waals surface area contributed by atoms with E-state index in [4.69, 9.17) is 0 Å². The Morgan fingerprint density at radius 2 is 1.86 bits per heavy atom. The van der Waals surface area contributed by atoms with Crippen molar-refractivity contribution < 1.29 is 9.59 Å². The summed E-state index contributed by atoms with van der Waals surface area (Å²) in [5.41, 5.74) is 1.48. The number of carbonyl (C=O) groups excluding carboxylic acids is 2. The van der Waals surface area contributed by atoms with Gasteiger partial charge in [-0.25, -0.2) is 4.98 Å². The number of carbonyl (C=O) groups is 2. The van der Waals surface area contributed by atoms with Gasteiger partial charge in [0.05, 0.1) is 6.04 Å². The molecule has 1 aromatic carbocycles. The Labute approximate surface area is 123 Å². The van der Waals surface area contributed by atoms with Crippen LogP contribution in [-0.2, 0) is 4.79 Å². The van der Waals surface area contributed by atoms with Crippen molar-refractivity contribution in [2.24, 2.45) is 0 Å². The second-order valence-corrected chi connectivity index (χ2v) is 4.72. The summed E-state index contributed by atoms with van der Waals surface area (Å²) >= 11 is 0. The molecule has 1 heterocycles. The molecule has 0 saturated carbocycles. The zero-order chi connectivity index (χ0) is 15.2. The highest BCUT2D eigenvalue weighted by Crippen LogP contribution is 2.13. The maximum absolute atomic E-state index is 12.2. The summed E-state index contributed by atoms with van der Waals surface area (Å²) in [6, 6.07) is 12.8. The number of benzene rings is 1. The number of nitrogens with one attached hydrogen (secondary N) is 2. The molecule has 0 aliphatic heterocycles. The lowest BCUT2D eigenvalue weighted by molar-refractivity contribution is -0.114. The minimum Gasteiger partial charge on any atom is -0.346 e. The standard InChI is InChI=1S/C16H17N3O2/c1-11(13-6-4-3-5-7-13)18-16(21)14-8-9-17-15(10-14)19-12(2)20/h3-11H,1-2H3,(H,18,21)(H,17,19,20). The second-order valence-electron chi connectivity index (χ2n) is 4.72. The quantitative estimate of drug-likeness (QED) is 0.905. The van der Waals surface area contributed by atoms with Crippen LogP contribution >= 0.6 is 0 Å². The number of nitrogens with zero attached hydrogens (tertiary/aromatic N) is 1. The fourth-order valence-corrected chi connectivity index (χ4v) is 1.93. The minimum atomic E-state index is -0.224. The number of rotatable bonds is 4. The zero-order valence-electron chi connectivity index (χ0n) is 12.0. The molecule has 108 valence electrons. The van der Waals surface area contributed by atoms with Crippen molar-refractivity contribution in [2.45, 2.75) is 19.9 Å². The van der Waals surface area contributed by atoms with Crippen molar-refractivity contribution in [2.75, 3.05) is 5.32 Å². The smallest absolute Gasteiger partial charge is 0.251 e. The Balaban J connectivity index is 2.08. The largest absolute Gasteiger partial charge is 0.346 e. The lowest BCUT2D eigenvalue weighted by Crippen LogP contribution is -2.26. The first kappa shape index (κ1) is 14.7. The Bertz CT molecular complexity index is 641. The molecule has 1 aromatic heterocycles. The van der Waals surface area contributed by atoms with Gasteiger partial charge < -0.3 is 10.6 Å². The molecule has 0 aliphatic rings. The molecule has 21 heavy (non-hydrogen) atoms. The van der Waals surface area contributed by atoms with E-state index in [1.165, 1.54) is 13.1 Å². The van der Waals surface area contributed by atoms with Crippen LogP contribution in [0.2, 0.25) is 0 Å². The number of hydrogen-bond donors (Lipinski definition) is 2. The van der Waals surface area contributed by atoms with E-state index in [2.05, 4.69) is 15.6 Å². The molecule has 1 atom stereocenters. The third-order valence-electron chi connectivity index (χ3n) is 2.97. The zero-order valence-corrected chi connectivity index (χ0v) is 12.0. The van der Waals surface area contributed by atoms with Gasteiger partial charge in [-0.2, -0.15) is 0 Å². The van der Waals surface area contributed by atoms with Gasteiger partial charge in [0.15, 0.2) is 0 Å². The van der Waals surface area contributed by atoms with Gasteiger partial charge in [-0.15, -0.1) is 0 Å². The summed E-state index contributed by atoms with van der Waals surface area (Å²) in [4.78, 5) is 27.2. The third-order valence-corrected chi connectivity index (χ3v) is 2.97. The van der Waals surface area contributed by atoms with Crippen LogP contribution < -0.4 is 10.6 Å². The molecular formula is C16H17N3O2. The van der Waals surface area contributed by atoms with Crippen molar-refractivity contribution in [1.29, 1.82) is 0 Å². The first-order chi connectivity index (χ1) is 10.1. The molecule has 2 amide bonds. The van der Waals surface area contributed by atoms with E-state index in [-0.39, 0.29) is 17.9 Å². The van der Waals surface area contributed by atoms with Crippen LogP contribution in [-0.4, -0.2) is 16.8 Å². The Hall–Kier alpha value is -2.69. The van der Waals surface area contributed by atoms with Crippen LogP contribution in [0.15, 0.2) is 48.7 Å². The van der Waals surface area contributed by atoms with Crippen LogP contribution in [0.5, 0.6) is 0 Å². The van der Waals surface area contributed by atoms with Gasteiger partial charge in [0.1, 0.15) is 5.82 Å². The molecule has 5 heteroatoms. The van der Waals surface area contributed by atoms with E-state index in [0.717, 1.165) is 5.56 Å². The van der Waals surface area contributed by atoms with E-state index >= 15 is 0 Å². The molecule has 1 unspecified atom stereocenters. The van der Waals surface area contributed by atoms with Crippen molar-refractivity contribution >= 4 is 17.6 Å². The highest BCUT2D eigenvalue weighted by Gasteiger charge is 2.12. The summed E-state index contributed by atoms with van der Waals surface area (Å²) in [5.74, 6) is -0.0689. The highest BCUT2D eigenvalue weighted by molar-refractivity contribution is 5.96. The number of amides is 2. The van der Waals surface area contributed by atoms with Gasteiger partial charge in [0.2, 0.25) is 5.91 Å². The monoisotopic (exact) mass is 283 g/mol. The minimum absolute atomic E-state index is 0.101. The van der Waals surface area contributed by atoms with Gasteiger partial charge in [-0.3, -0.25) is 9.59 Å².